The number of anilines is 1. The van der Waals surface area contributed by atoms with Gasteiger partial charge in [-0.2, -0.15) is 0 Å². The molecule has 1 aliphatic heterocycles. The maximum absolute atomic E-state index is 12.9. The number of hydrogen-bond acceptors (Lipinski definition) is 4. The zero-order chi connectivity index (χ0) is 17.1. The number of esters is 1. The van der Waals surface area contributed by atoms with Crippen LogP contribution in [0.3, 0.4) is 0 Å². The smallest absolute Gasteiger partial charge is 0.337 e. The molecule has 0 saturated heterocycles. The summed E-state index contributed by atoms with van der Waals surface area (Å²) >= 11 is 3.39. The van der Waals surface area contributed by atoms with Crippen LogP contribution >= 0.6 is 15.9 Å². The molecular formula is C18H21BrN2O3. The molecule has 1 fully saturated rings. The van der Waals surface area contributed by atoms with Gasteiger partial charge in [-0.05, 0) is 37.1 Å². The number of carbonyl (C=O) groups excluding carboxylic acids is 2. The quantitative estimate of drug-likeness (QED) is 0.799. The van der Waals surface area contributed by atoms with Crippen LogP contribution in [-0.2, 0) is 14.3 Å². The normalized spacial score (nSPS) is 18.9. The Morgan fingerprint density at radius 3 is 2.50 bits per heavy atom. The van der Waals surface area contributed by atoms with E-state index in [2.05, 4.69) is 21.2 Å². The summed E-state index contributed by atoms with van der Waals surface area (Å²) in [6.07, 6.45) is 5.61. The molecule has 1 aromatic carbocycles. The highest BCUT2D eigenvalue weighted by atomic mass is 79.9. The van der Waals surface area contributed by atoms with E-state index in [-0.39, 0.29) is 18.5 Å². The second-order valence-electron chi connectivity index (χ2n) is 6.19. The molecule has 0 aromatic heterocycles. The minimum atomic E-state index is -0.443. The molecule has 0 unspecified atom stereocenters. The molecule has 128 valence electrons. The van der Waals surface area contributed by atoms with Gasteiger partial charge in [0.2, 0.25) is 0 Å². The lowest BCUT2D eigenvalue weighted by Crippen LogP contribution is -2.36. The summed E-state index contributed by atoms with van der Waals surface area (Å²) in [6.45, 7) is 0.238. The van der Waals surface area contributed by atoms with E-state index in [0.29, 0.717) is 11.3 Å². The van der Waals surface area contributed by atoms with Gasteiger partial charge in [0.15, 0.2) is 0 Å². The standard InChI is InChI=1S/C18H21BrN2O3/c1-24-18(23)15-11-21(14-9-7-12(19)8-10-14)17(22)16(15)20-13-5-3-2-4-6-13/h7-10,13,20H,2-6,11H2,1H3. The maximum atomic E-state index is 12.9. The van der Waals surface area contributed by atoms with Crippen LogP contribution in [0.25, 0.3) is 0 Å². The average molecular weight is 393 g/mol. The predicted molar refractivity (Wildman–Crippen MR) is 95.5 cm³/mol. The lowest BCUT2D eigenvalue weighted by atomic mass is 9.95. The first-order chi connectivity index (χ1) is 11.6. The Morgan fingerprint density at radius 2 is 1.88 bits per heavy atom. The van der Waals surface area contributed by atoms with E-state index in [9.17, 15) is 9.59 Å². The molecule has 0 radical (unpaired) electrons. The summed E-state index contributed by atoms with van der Waals surface area (Å²) < 4.78 is 5.83. The molecule has 1 heterocycles. The second kappa shape index (κ2) is 7.38. The van der Waals surface area contributed by atoms with Crippen LogP contribution < -0.4 is 10.2 Å². The van der Waals surface area contributed by atoms with Crippen molar-refractivity contribution < 1.29 is 14.3 Å². The number of carbonyl (C=O) groups is 2. The average Bonchev–Trinajstić information content (AvgIpc) is 2.93. The van der Waals surface area contributed by atoms with E-state index in [1.54, 1.807) is 4.90 Å². The van der Waals surface area contributed by atoms with E-state index < -0.39 is 5.97 Å². The molecule has 0 bridgehead atoms. The van der Waals surface area contributed by atoms with Crippen molar-refractivity contribution in [1.29, 1.82) is 0 Å². The van der Waals surface area contributed by atoms with Crippen molar-refractivity contribution in [2.75, 3.05) is 18.6 Å². The van der Waals surface area contributed by atoms with Gasteiger partial charge in [0.05, 0.1) is 19.2 Å². The number of hydrogen-bond donors (Lipinski definition) is 1. The molecule has 1 saturated carbocycles. The monoisotopic (exact) mass is 392 g/mol. The first-order valence-corrected chi connectivity index (χ1v) is 9.05. The molecule has 0 atom stereocenters. The summed E-state index contributed by atoms with van der Waals surface area (Å²) in [6, 6.07) is 7.74. The minimum absolute atomic E-state index is 0.164. The number of benzene rings is 1. The van der Waals surface area contributed by atoms with Gasteiger partial charge < -0.3 is 15.0 Å². The van der Waals surface area contributed by atoms with Crippen LogP contribution in [0.1, 0.15) is 32.1 Å². The number of rotatable bonds is 4. The highest BCUT2D eigenvalue weighted by Gasteiger charge is 2.36. The van der Waals surface area contributed by atoms with Crippen LogP contribution in [0.15, 0.2) is 40.0 Å². The minimum Gasteiger partial charge on any atom is -0.466 e. The van der Waals surface area contributed by atoms with Crippen LogP contribution in [0.4, 0.5) is 5.69 Å². The van der Waals surface area contributed by atoms with E-state index in [0.717, 1.165) is 35.8 Å². The molecule has 1 N–H and O–H groups in total. The lowest BCUT2D eigenvalue weighted by molar-refractivity contribution is -0.136. The Morgan fingerprint density at radius 1 is 1.21 bits per heavy atom. The highest BCUT2D eigenvalue weighted by Crippen LogP contribution is 2.28. The fourth-order valence-corrected chi connectivity index (χ4v) is 3.56. The Labute approximate surface area is 150 Å². The molecule has 0 spiro atoms. The molecule has 2 aliphatic rings. The van der Waals surface area contributed by atoms with Crippen LogP contribution in [0, 0.1) is 0 Å². The van der Waals surface area contributed by atoms with Gasteiger partial charge in [-0.1, -0.05) is 35.2 Å². The van der Waals surface area contributed by atoms with Gasteiger partial charge >= 0.3 is 5.97 Å². The van der Waals surface area contributed by atoms with Crippen LogP contribution in [-0.4, -0.2) is 31.6 Å². The van der Waals surface area contributed by atoms with Crippen LogP contribution in [0.5, 0.6) is 0 Å². The van der Waals surface area contributed by atoms with E-state index in [4.69, 9.17) is 4.74 Å². The maximum Gasteiger partial charge on any atom is 0.337 e. The van der Waals surface area contributed by atoms with Crippen molar-refractivity contribution in [2.24, 2.45) is 0 Å². The van der Waals surface area contributed by atoms with Gasteiger partial charge in [-0.25, -0.2) is 4.79 Å². The highest BCUT2D eigenvalue weighted by molar-refractivity contribution is 9.10. The van der Waals surface area contributed by atoms with E-state index in [1.807, 2.05) is 24.3 Å². The first kappa shape index (κ1) is 17.0. The van der Waals surface area contributed by atoms with Gasteiger partial charge in [-0.15, -0.1) is 0 Å². The van der Waals surface area contributed by atoms with Gasteiger partial charge in [0, 0.05) is 16.2 Å². The lowest BCUT2D eigenvalue weighted by Gasteiger charge is -2.24. The summed E-state index contributed by atoms with van der Waals surface area (Å²) in [5.41, 5.74) is 1.58. The molecular weight excluding hydrogens is 372 g/mol. The molecule has 24 heavy (non-hydrogen) atoms. The third-order valence-corrected chi connectivity index (χ3v) is 5.13. The summed E-state index contributed by atoms with van der Waals surface area (Å²) in [5.74, 6) is -0.607. The number of amides is 1. The third kappa shape index (κ3) is 3.48. The molecule has 1 amide bonds. The fraction of sp³-hybridized carbons (Fsp3) is 0.444. The number of nitrogens with zero attached hydrogens (tertiary/aromatic N) is 1. The largest absolute Gasteiger partial charge is 0.466 e. The van der Waals surface area contributed by atoms with Gasteiger partial charge in [0.1, 0.15) is 5.70 Å². The molecule has 5 nitrogen and oxygen atoms in total. The third-order valence-electron chi connectivity index (χ3n) is 4.60. The van der Waals surface area contributed by atoms with Crippen molar-refractivity contribution in [2.45, 2.75) is 38.1 Å². The summed E-state index contributed by atoms with van der Waals surface area (Å²) in [5, 5.41) is 3.32. The molecule has 1 aliphatic carbocycles. The first-order valence-electron chi connectivity index (χ1n) is 8.25. The SMILES string of the molecule is COC(=O)C1=C(NC2CCCCC2)C(=O)N(c2ccc(Br)cc2)C1. The zero-order valence-corrected chi connectivity index (χ0v) is 15.3. The van der Waals surface area contributed by atoms with Crippen molar-refractivity contribution in [1.82, 2.24) is 5.32 Å². The Hall–Kier alpha value is -1.82. The van der Waals surface area contributed by atoms with E-state index in [1.165, 1.54) is 13.5 Å². The molecule has 1 aromatic rings. The fourth-order valence-electron chi connectivity index (χ4n) is 3.29. The number of ether oxygens (including phenoxy) is 1. The number of methoxy groups -OCH3 is 1. The van der Waals surface area contributed by atoms with Crippen molar-refractivity contribution in [3.63, 3.8) is 0 Å². The predicted octanol–water partition coefficient (Wildman–Crippen LogP) is 3.15. The Balaban J connectivity index is 1.84. The Bertz CT molecular complexity index is 663. The zero-order valence-electron chi connectivity index (χ0n) is 13.7. The number of nitrogens with one attached hydrogen (secondary N) is 1. The summed E-state index contributed by atoms with van der Waals surface area (Å²) in [4.78, 5) is 26.6. The molecule has 3 rings (SSSR count). The van der Waals surface area contributed by atoms with Crippen molar-refractivity contribution in [3.05, 3.63) is 40.0 Å². The van der Waals surface area contributed by atoms with Crippen molar-refractivity contribution in [3.8, 4) is 0 Å². The topological polar surface area (TPSA) is 58.6 Å². The van der Waals surface area contributed by atoms with Gasteiger partial charge in [-0.3, -0.25) is 4.79 Å². The van der Waals surface area contributed by atoms with Crippen molar-refractivity contribution >= 4 is 33.5 Å². The van der Waals surface area contributed by atoms with Crippen LogP contribution in [0.2, 0.25) is 0 Å². The Kier molecular flexibility index (Phi) is 5.23. The summed E-state index contributed by atoms with van der Waals surface area (Å²) in [7, 11) is 1.35. The van der Waals surface area contributed by atoms with E-state index >= 15 is 0 Å². The second-order valence-corrected chi connectivity index (χ2v) is 7.11. The number of halogens is 1. The van der Waals surface area contributed by atoms with Gasteiger partial charge in [0.25, 0.3) is 5.91 Å². The molecule has 6 heteroatoms.